The molecule has 14 aromatic rings. The summed E-state index contributed by atoms with van der Waals surface area (Å²) in [6.07, 6.45) is 0. The summed E-state index contributed by atoms with van der Waals surface area (Å²) in [6.45, 7) is 0. The lowest BCUT2D eigenvalue weighted by molar-refractivity contribution is 0.684. The number of benzene rings is 13. The number of nitrogens with zero attached hydrogens (tertiary/aromatic N) is 3. The topological polar surface area (TPSA) is 11.4 Å². The third-order valence-electron chi connectivity index (χ3n) is 17.6. The van der Waals surface area contributed by atoms with Crippen LogP contribution in [0.2, 0.25) is 0 Å². The number of anilines is 6. The van der Waals surface area contributed by atoms with Crippen LogP contribution in [0.25, 0.3) is 49.7 Å². The zero-order chi connectivity index (χ0) is 54.9. The molecule has 0 saturated heterocycles. The van der Waals surface area contributed by atoms with E-state index < -0.39 is 10.8 Å². The Morgan fingerprint density at radius 2 is 0.500 bits per heavy atom. The van der Waals surface area contributed by atoms with Crippen LogP contribution in [0.5, 0.6) is 0 Å². The van der Waals surface area contributed by atoms with Crippen molar-refractivity contribution in [1.82, 2.24) is 4.57 Å². The van der Waals surface area contributed by atoms with Gasteiger partial charge in [-0.05, 0) is 164 Å². The standard InChI is InChI=1S/C80H55N3.CH4.H2/c1-9-26-60(27-10-1)79(61-28-11-2-12-29-61)72-42-25-43-73-78(72)83-76-70(52-58(54-74(76)79)56-44-48-68(49-45-56)81(64-34-17-5-18-35-64)65-36-19-6-20-37-65)71-53-59(55-75(77(71)83)80(73,62-30-13-3-14-31-62)63-32-15-4-16-33-63)57-46-50-69(51-47-57)82(66-38-21-7-22-39-66)67-40-23-8-24-41-67;;/h1-55H;1H4;1H. The molecule has 0 saturated carbocycles. The molecule has 0 aliphatic carbocycles. The molecule has 3 heteroatoms. The number of para-hydroxylation sites is 5. The van der Waals surface area contributed by atoms with Crippen LogP contribution >= 0.6 is 0 Å². The summed E-state index contributed by atoms with van der Waals surface area (Å²) in [5, 5.41) is 2.44. The van der Waals surface area contributed by atoms with Crippen molar-refractivity contribution in [3.05, 3.63) is 378 Å². The molecule has 0 atom stereocenters. The maximum atomic E-state index is 2.68. The van der Waals surface area contributed by atoms with Gasteiger partial charge in [-0.25, -0.2) is 0 Å². The normalized spacial score (nSPS) is 13.1. The van der Waals surface area contributed by atoms with E-state index in [1.807, 2.05) is 0 Å². The fourth-order valence-electron chi connectivity index (χ4n) is 14.2. The second kappa shape index (κ2) is 20.4. The summed E-state index contributed by atoms with van der Waals surface area (Å²) in [5.41, 5.74) is 23.4. The van der Waals surface area contributed by atoms with Gasteiger partial charge in [0.25, 0.3) is 0 Å². The fraction of sp³-hybridized carbons (Fsp3) is 0.0370. The van der Waals surface area contributed by atoms with Gasteiger partial charge in [0.05, 0.1) is 27.6 Å². The third kappa shape index (κ3) is 7.59. The quantitative estimate of drug-likeness (QED) is 0.121. The monoisotopic (exact) mass is 1080 g/mol. The van der Waals surface area contributed by atoms with E-state index >= 15 is 0 Å². The Kier molecular flexibility index (Phi) is 12.2. The maximum Gasteiger partial charge on any atom is 0.0742 e. The van der Waals surface area contributed by atoms with Gasteiger partial charge >= 0.3 is 0 Å². The van der Waals surface area contributed by atoms with Crippen molar-refractivity contribution >= 4 is 55.9 Å². The lowest BCUT2D eigenvalue weighted by Gasteiger charge is -2.48. The first kappa shape index (κ1) is 50.2. The van der Waals surface area contributed by atoms with E-state index in [-0.39, 0.29) is 8.85 Å². The molecule has 0 bridgehead atoms. The largest absolute Gasteiger partial charge is 0.311 e. The molecule has 0 N–H and O–H groups in total. The second-order valence-electron chi connectivity index (χ2n) is 21.9. The predicted molar refractivity (Wildman–Crippen MR) is 354 cm³/mol. The Balaban J connectivity index is 0.00000320. The molecule has 0 radical (unpaired) electrons. The Bertz CT molecular complexity index is 4220. The fourth-order valence-corrected chi connectivity index (χ4v) is 14.2. The van der Waals surface area contributed by atoms with E-state index in [1.54, 1.807) is 0 Å². The number of rotatable bonds is 12. The van der Waals surface area contributed by atoms with Gasteiger partial charge in [0.15, 0.2) is 0 Å². The molecule has 1 aromatic heterocycles. The molecule has 2 aliphatic heterocycles. The average molecular weight is 1080 g/mol. The van der Waals surface area contributed by atoms with Crippen molar-refractivity contribution in [2.24, 2.45) is 0 Å². The van der Waals surface area contributed by atoms with E-state index in [9.17, 15) is 0 Å². The molecule has 2 aliphatic rings. The molecular weight excluding hydrogens is 1010 g/mol. The number of hydrogen-bond acceptors (Lipinski definition) is 2. The molecule has 16 rings (SSSR count). The highest BCUT2D eigenvalue weighted by atomic mass is 15.1. The van der Waals surface area contributed by atoms with E-state index in [0.29, 0.717) is 0 Å². The van der Waals surface area contributed by atoms with Crippen molar-refractivity contribution in [2.45, 2.75) is 18.3 Å². The van der Waals surface area contributed by atoms with Gasteiger partial charge in [0.2, 0.25) is 0 Å². The van der Waals surface area contributed by atoms with Crippen LogP contribution in [0, 0.1) is 0 Å². The molecule has 0 fully saturated rings. The minimum atomic E-state index is -0.734. The molecule has 400 valence electrons. The summed E-state index contributed by atoms with van der Waals surface area (Å²) in [4.78, 5) is 4.68. The molecule has 0 unspecified atom stereocenters. The Morgan fingerprint density at radius 3 is 0.786 bits per heavy atom. The van der Waals surface area contributed by atoms with Gasteiger partial charge in [-0.1, -0.05) is 244 Å². The van der Waals surface area contributed by atoms with Crippen LogP contribution in [0.15, 0.2) is 334 Å². The maximum absolute atomic E-state index is 2.68. The average Bonchev–Trinajstić information content (AvgIpc) is 1.60. The molecule has 0 spiro atoms. The summed E-state index contributed by atoms with van der Waals surface area (Å²) < 4.78 is 2.68. The van der Waals surface area contributed by atoms with E-state index in [2.05, 4.69) is 348 Å². The van der Waals surface area contributed by atoms with Crippen molar-refractivity contribution < 1.29 is 1.43 Å². The summed E-state index contributed by atoms with van der Waals surface area (Å²) in [5.74, 6) is 0. The molecule has 3 nitrogen and oxygen atoms in total. The Hall–Kier alpha value is -10.7. The molecule has 13 aromatic carbocycles. The lowest BCUT2D eigenvalue weighted by Crippen LogP contribution is -2.41. The van der Waals surface area contributed by atoms with Crippen molar-refractivity contribution in [3.63, 3.8) is 0 Å². The van der Waals surface area contributed by atoms with Crippen LogP contribution in [0.3, 0.4) is 0 Å². The van der Waals surface area contributed by atoms with Gasteiger partial charge in [-0.2, -0.15) is 0 Å². The first-order valence-electron chi connectivity index (χ1n) is 28.7. The van der Waals surface area contributed by atoms with Gasteiger partial charge < -0.3 is 14.4 Å². The summed E-state index contributed by atoms with van der Waals surface area (Å²) in [7, 11) is 0. The molecular formula is C81H61N3. The van der Waals surface area contributed by atoms with Crippen LogP contribution in [-0.2, 0) is 10.8 Å². The van der Waals surface area contributed by atoms with Crippen molar-refractivity contribution in [2.75, 3.05) is 9.80 Å². The van der Waals surface area contributed by atoms with E-state index in [4.69, 9.17) is 0 Å². The zero-order valence-electron chi connectivity index (χ0n) is 45.6. The number of fused-ring (bicyclic) bond motifs is 1. The van der Waals surface area contributed by atoms with Gasteiger partial charge in [-0.3, -0.25) is 0 Å². The first-order chi connectivity index (χ1) is 41.2. The predicted octanol–water partition coefficient (Wildman–Crippen LogP) is 21.3. The molecule has 3 heterocycles. The van der Waals surface area contributed by atoms with Crippen LogP contribution in [0.1, 0.15) is 53.4 Å². The second-order valence-corrected chi connectivity index (χ2v) is 21.9. The van der Waals surface area contributed by atoms with Crippen molar-refractivity contribution in [3.8, 4) is 27.9 Å². The number of hydrogen-bond donors (Lipinski definition) is 0. The molecule has 0 amide bonds. The minimum Gasteiger partial charge on any atom is -0.311 e. The highest BCUT2D eigenvalue weighted by Gasteiger charge is 2.52. The van der Waals surface area contributed by atoms with Gasteiger partial charge in [0.1, 0.15) is 0 Å². The van der Waals surface area contributed by atoms with Gasteiger partial charge in [-0.15, -0.1) is 0 Å². The molecule has 84 heavy (non-hydrogen) atoms. The Labute approximate surface area is 493 Å². The summed E-state index contributed by atoms with van der Waals surface area (Å²) in [6, 6.07) is 124. The third-order valence-corrected chi connectivity index (χ3v) is 17.6. The summed E-state index contributed by atoms with van der Waals surface area (Å²) >= 11 is 0. The van der Waals surface area contributed by atoms with Crippen LogP contribution < -0.4 is 9.80 Å². The highest BCUT2D eigenvalue weighted by Crippen LogP contribution is 2.62. The highest BCUT2D eigenvalue weighted by molar-refractivity contribution is 6.17. The minimum absolute atomic E-state index is 0. The number of aromatic nitrogens is 1. The van der Waals surface area contributed by atoms with E-state index in [1.165, 1.54) is 72.0 Å². The van der Waals surface area contributed by atoms with Crippen LogP contribution in [-0.4, -0.2) is 4.57 Å². The SMILES string of the molecule is C.[HH].c1ccc(N(c2ccccc2)c2ccc(-c3cc4c5c(c3)c3cc(-c6ccc(N(c7ccccc7)c7ccccc7)cc6)cc6c3n5-c3c(cccc3C6(c3ccccc3)c3ccccc3)C4(c3ccccc3)c3ccccc3)cc2)cc1. The smallest absolute Gasteiger partial charge is 0.0742 e. The first-order valence-corrected chi connectivity index (χ1v) is 28.7. The van der Waals surface area contributed by atoms with Crippen molar-refractivity contribution in [1.29, 1.82) is 0 Å². The van der Waals surface area contributed by atoms with E-state index in [0.717, 1.165) is 56.4 Å². The van der Waals surface area contributed by atoms with Gasteiger partial charge in [0, 0.05) is 46.3 Å². The zero-order valence-corrected chi connectivity index (χ0v) is 45.6. The lowest BCUT2D eigenvalue weighted by atomic mass is 9.58. The Morgan fingerprint density at radius 1 is 0.238 bits per heavy atom. The van der Waals surface area contributed by atoms with Crippen LogP contribution in [0.4, 0.5) is 34.1 Å².